The fraction of sp³-hybridized carbons (Fsp3) is 0.700. The molecule has 0 aliphatic heterocycles. The van der Waals surface area contributed by atoms with E-state index in [1.54, 1.807) is 18.4 Å². The van der Waals surface area contributed by atoms with Gasteiger partial charge in [0, 0.05) is 18.9 Å². The molecular formula is C10H18N2OS. The molecule has 1 aromatic heterocycles. The van der Waals surface area contributed by atoms with E-state index in [4.69, 9.17) is 10.5 Å². The number of hydrogen-bond acceptors (Lipinski definition) is 4. The molecule has 0 aliphatic carbocycles. The summed E-state index contributed by atoms with van der Waals surface area (Å²) in [6, 6.07) is 0. The van der Waals surface area contributed by atoms with E-state index in [2.05, 4.69) is 4.98 Å². The normalized spacial score (nSPS) is 14.4. The van der Waals surface area contributed by atoms with Crippen LogP contribution in [0, 0.1) is 0 Å². The molecule has 1 rings (SSSR count). The Bertz CT molecular complexity index is 291. The van der Waals surface area contributed by atoms with Crippen molar-refractivity contribution in [2.75, 3.05) is 7.11 Å². The minimum atomic E-state index is -0.342. The quantitative estimate of drug-likeness (QED) is 0.833. The highest BCUT2D eigenvalue weighted by atomic mass is 32.1. The predicted octanol–water partition coefficient (Wildman–Crippen LogP) is 1.91. The number of hydrogen-bond donors (Lipinski definition) is 1. The number of nitrogens with zero attached hydrogens (tertiary/aromatic N) is 1. The predicted molar refractivity (Wildman–Crippen MR) is 59.5 cm³/mol. The summed E-state index contributed by atoms with van der Waals surface area (Å²) in [7, 11) is 1.71. The van der Waals surface area contributed by atoms with Gasteiger partial charge in [-0.05, 0) is 20.8 Å². The summed E-state index contributed by atoms with van der Waals surface area (Å²) in [6.45, 7) is 5.96. The second-order valence-electron chi connectivity index (χ2n) is 4.10. The van der Waals surface area contributed by atoms with Crippen LogP contribution < -0.4 is 5.73 Å². The van der Waals surface area contributed by atoms with Crippen molar-refractivity contribution in [1.82, 2.24) is 4.98 Å². The van der Waals surface area contributed by atoms with Gasteiger partial charge in [0.1, 0.15) is 0 Å². The molecule has 0 bridgehead atoms. The SMILES string of the molecule is COC(C)Cc1nc(C(C)(C)N)cs1. The Hall–Kier alpha value is -0.450. The fourth-order valence-electron chi connectivity index (χ4n) is 1.03. The molecule has 1 heterocycles. The monoisotopic (exact) mass is 214 g/mol. The molecule has 3 nitrogen and oxygen atoms in total. The molecule has 0 fully saturated rings. The van der Waals surface area contributed by atoms with Gasteiger partial charge in [0.2, 0.25) is 0 Å². The zero-order chi connectivity index (χ0) is 10.8. The maximum absolute atomic E-state index is 5.95. The molecule has 0 radical (unpaired) electrons. The van der Waals surface area contributed by atoms with Gasteiger partial charge in [-0.1, -0.05) is 0 Å². The van der Waals surface area contributed by atoms with E-state index in [-0.39, 0.29) is 11.6 Å². The summed E-state index contributed by atoms with van der Waals surface area (Å²) >= 11 is 1.65. The van der Waals surface area contributed by atoms with Crippen molar-refractivity contribution in [3.63, 3.8) is 0 Å². The number of methoxy groups -OCH3 is 1. The molecule has 1 unspecified atom stereocenters. The Morgan fingerprint density at radius 1 is 1.64 bits per heavy atom. The zero-order valence-electron chi connectivity index (χ0n) is 9.20. The van der Waals surface area contributed by atoms with Gasteiger partial charge in [-0.2, -0.15) is 0 Å². The van der Waals surface area contributed by atoms with Gasteiger partial charge in [-0.25, -0.2) is 4.98 Å². The lowest BCUT2D eigenvalue weighted by Gasteiger charge is -2.14. The first-order valence-electron chi connectivity index (χ1n) is 4.70. The Balaban J connectivity index is 2.69. The average molecular weight is 214 g/mol. The average Bonchev–Trinajstić information content (AvgIpc) is 2.51. The van der Waals surface area contributed by atoms with Crippen LogP contribution in [0.2, 0.25) is 0 Å². The van der Waals surface area contributed by atoms with Gasteiger partial charge in [0.25, 0.3) is 0 Å². The minimum Gasteiger partial charge on any atom is -0.381 e. The standard InChI is InChI=1S/C10H18N2OS/c1-7(13-4)5-9-12-8(6-14-9)10(2,3)11/h6-7H,5,11H2,1-4H3. The number of aromatic nitrogens is 1. The first kappa shape index (κ1) is 11.6. The highest BCUT2D eigenvalue weighted by Gasteiger charge is 2.18. The number of ether oxygens (including phenoxy) is 1. The molecule has 2 N–H and O–H groups in total. The summed E-state index contributed by atoms with van der Waals surface area (Å²) < 4.78 is 5.18. The van der Waals surface area contributed by atoms with Crippen LogP contribution in [-0.2, 0) is 16.7 Å². The van der Waals surface area contributed by atoms with Gasteiger partial charge >= 0.3 is 0 Å². The third-order valence-corrected chi connectivity index (χ3v) is 2.95. The van der Waals surface area contributed by atoms with E-state index in [0.29, 0.717) is 0 Å². The van der Waals surface area contributed by atoms with Gasteiger partial charge < -0.3 is 10.5 Å². The highest BCUT2D eigenvalue weighted by Crippen LogP contribution is 2.20. The Morgan fingerprint density at radius 2 is 2.29 bits per heavy atom. The largest absolute Gasteiger partial charge is 0.381 e. The topological polar surface area (TPSA) is 48.1 Å². The third kappa shape index (κ3) is 3.04. The first-order valence-corrected chi connectivity index (χ1v) is 5.58. The van der Waals surface area contributed by atoms with Crippen molar-refractivity contribution < 1.29 is 4.74 Å². The van der Waals surface area contributed by atoms with Crippen LogP contribution in [-0.4, -0.2) is 18.2 Å². The molecule has 0 saturated carbocycles. The lowest BCUT2D eigenvalue weighted by atomic mass is 10.0. The Labute approximate surface area is 89.3 Å². The fourth-order valence-corrected chi connectivity index (χ4v) is 2.12. The Kier molecular flexibility index (Phi) is 3.64. The van der Waals surface area contributed by atoms with Gasteiger partial charge in [-0.15, -0.1) is 11.3 Å². The van der Waals surface area contributed by atoms with Gasteiger partial charge in [0.05, 0.1) is 22.3 Å². The van der Waals surface area contributed by atoms with Gasteiger partial charge in [0.15, 0.2) is 0 Å². The smallest absolute Gasteiger partial charge is 0.0954 e. The first-order chi connectivity index (χ1) is 6.43. The van der Waals surface area contributed by atoms with Crippen LogP contribution in [0.25, 0.3) is 0 Å². The summed E-state index contributed by atoms with van der Waals surface area (Å²) in [5.74, 6) is 0. The zero-order valence-corrected chi connectivity index (χ0v) is 10.0. The second-order valence-corrected chi connectivity index (χ2v) is 5.04. The van der Waals surface area contributed by atoms with Crippen molar-refractivity contribution >= 4 is 11.3 Å². The van der Waals surface area contributed by atoms with Crippen LogP contribution >= 0.6 is 11.3 Å². The molecule has 0 spiro atoms. The van der Waals surface area contributed by atoms with Crippen LogP contribution in [0.1, 0.15) is 31.5 Å². The Morgan fingerprint density at radius 3 is 2.71 bits per heavy atom. The molecule has 0 saturated heterocycles. The summed E-state index contributed by atoms with van der Waals surface area (Å²) in [5.41, 5.74) is 6.56. The number of rotatable bonds is 4. The van der Waals surface area contributed by atoms with Crippen LogP contribution in [0.5, 0.6) is 0 Å². The number of thiazole rings is 1. The van der Waals surface area contributed by atoms with Crippen molar-refractivity contribution in [2.24, 2.45) is 5.73 Å². The van der Waals surface area contributed by atoms with Crippen molar-refractivity contribution in [3.8, 4) is 0 Å². The molecule has 14 heavy (non-hydrogen) atoms. The highest BCUT2D eigenvalue weighted by molar-refractivity contribution is 7.09. The lowest BCUT2D eigenvalue weighted by molar-refractivity contribution is 0.118. The van der Waals surface area contributed by atoms with E-state index in [1.807, 2.05) is 26.2 Å². The van der Waals surface area contributed by atoms with E-state index in [1.165, 1.54) is 0 Å². The summed E-state index contributed by atoms with van der Waals surface area (Å²) in [6.07, 6.45) is 1.08. The molecular weight excluding hydrogens is 196 g/mol. The van der Waals surface area contributed by atoms with E-state index in [9.17, 15) is 0 Å². The van der Waals surface area contributed by atoms with E-state index in [0.717, 1.165) is 17.1 Å². The maximum Gasteiger partial charge on any atom is 0.0954 e. The minimum absolute atomic E-state index is 0.217. The molecule has 4 heteroatoms. The second kappa shape index (κ2) is 4.38. The number of nitrogens with two attached hydrogens (primary N) is 1. The van der Waals surface area contributed by atoms with Crippen LogP contribution in [0.3, 0.4) is 0 Å². The molecule has 1 aromatic rings. The maximum atomic E-state index is 5.95. The molecule has 0 aromatic carbocycles. The van der Waals surface area contributed by atoms with Crippen molar-refractivity contribution in [3.05, 3.63) is 16.1 Å². The van der Waals surface area contributed by atoms with Crippen molar-refractivity contribution in [2.45, 2.75) is 38.8 Å². The third-order valence-electron chi connectivity index (χ3n) is 2.08. The van der Waals surface area contributed by atoms with E-state index >= 15 is 0 Å². The van der Waals surface area contributed by atoms with Crippen molar-refractivity contribution in [1.29, 1.82) is 0 Å². The molecule has 0 aliphatic rings. The lowest BCUT2D eigenvalue weighted by Crippen LogP contribution is -2.29. The molecule has 80 valence electrons. The van der Waals surface area contributed by atoms with E-state index < -0.39 is 0 Å². The molecule has 1 atom stereocenters. The summed E-state index contributed by atoms with van der Waals surface area (Å²) in [5, 5.41) is 3.12. The van der Waals surface area contributed by atoms with Crippen LogP contribution in [0.4, 0.5) is 0 Å². The summed E-state index contributed by atoms with van der Waals surface area (Å²) in [4.78, 5) is 4.48. The van der Waals surface area contributed by atoms with Gasteiger partial charge in [-0.3, -0.25) is 0 Å². The van der Waals surface area contributed by atoms with Crippen LogP contribution in [0.15, 0.2) is 5.38 Å². The molecule has 0 amide bonds.